The Morgan fingerprint density at radius 2 is 1.95 bits per heavy atom. The normalized spacial score (nSPS) is 11.7. The smallest absolute Gasteiger partial charge is 0.329 e. The summed E-state index contributed by atoms with van der Waals surface area (Å²) < 4.78 is 4.66. The van der Waals surface area contributed by atoms with Gasteiger partial charge in [0, 0.05) is 18.4 Å². The Morgan fingerprint density at radius 3 is 2.55 bits per heavy atom. The van der Waals surface area contributed by atoms with E-state index in [2.05, 4.69) is 22.2 Å². The number of methoxy groups -OCH3 is 1. The summed E-state index contributed by atoms with van der Waals surface area (Å²) in [6.07, 6.45) is 0. The molecule has 1 amide bonds. The third-order valence-electron chi connectivity index (χ3n) is 2.26. The van der Waals surface area contributed by atoms with Gasteiger partial charge in [0.05, 0.1) is 7.11 Å². The van der Waals surface area contributed by atoms with Crippen molar-refractivity contribution in [2.75, 3.05) is 12.9 Å². The molecule has 0 radical (unpaired) electrons. The van der Waals surface area contributed by atoms with Gasteiger partial charge >= 0.3 is 5.97 Å². The van der Waals surface area contributed by atoms with Crippen molar-refractivity contribution in [2.24, 2.45) is 0 Å². The monoisotopic (exact) mass is 331 g/mol. The maximum absolute atomic E-state index is 11.5. The molecule has 1 atom stereocenters. The van der Waals surface area contributed by atoms with Gasteiger partial charge in [0.25, 0.3) is 0 Å². The van der Waals surface area contributed by atoms with Crippen LogP contribution in [0.5, 0.6) is 0 Å². The second-order valence-corrected chi connectivity index (χ2v) is 8.15. The summed E-state index contributed by atoms with van der Waals surface area (Å²) >= 11 is 0. The third-order valence-corrected chi connectivity index (χ3v) is 6.45. The molecule has 1 N–H and O–H groups in total. The summed E-state index contributed by atoms with van der Waals surface area (Å²) in [6, 6.07) is 9.58. The van der Waals surface area contributed by atoms with Crippen LogP contribution in [-0.2, 0) is 20.1 Å². The van der Waals surface area contributed by atoms with Crippen molar-refractivity contribution in [1.29, 1.82) is 0 Å². The lowest BCUT2D eigenvalue weighted by atomic mass is 10.2. The van der Waals surface area contributed by atoms with Gasteiger partial charge in [-0.3, -0.25) is 4.79 Å². The summed E-state index contributed by atoms with van der Waals surface area (Å²) in [7, 11) is 6.16. The van der Waals surface area contributed by atoms with Crippen LogP contribution in [0, 0.1) is 0 Å². The number of rotatable bonds is 8. The molecule has 1 aromatic carbocycles. The van der Waals surface area contributed by atoms with Gasteiger partial charge in [-0.1, -0.05) is 51.9 Å². The minimum absolute atomic E-state index is 0.233. The molecule has 0 spiro atoms. The standard InChI is InChI=1S/C13H17NO3S3/c1-10(15)14-12(13(16)17-2)9-19-20-18-8-11-6-4-3-5-7-11/h3-7,12H,8-9H2,1-2H3,(H,14,15)/t12-/m0/s1. The number of benzene rings is 1. The van der Waals surface area contributed by atoms with Gasteiger partial charge in [0.1, 0.15) is 6.04 Å². The van der Waals surface area contributed by atoms with Crippen molar-refractivity contribution in [3.05, 3.63) is 35.9 Å². The molecule has 1 aromatic rings. The van der Waals surface area contributed by atoms with Gasteiger partial charge in [-0.15, -0.1) is 0 Å². The lowest BCUT2D eigenvalue weighted by Crippen LogP contribution is -2.42. The highest BCUT2D eigenvalue weighted by atomic mass is 33.5. The zero-order valence-electron chi connectivity index (χ0n) is 11.3. The minimum Gasteiger partial charge on any atom is -0.467 e. The van der Waals surface area contributed by atoms with Gasteiger partial charge in [0.15, 0.2) is 0 Å². The van der Waals surface area contributed by atoms with Gasteiger partial charge in [0.2, 0.25) is 5.91 Å². The summed E-state index contributed by atoms with van der Waals surface area (Å²) in [6.45, 7) is 1.39. The molecular weight excluding hydrogens is 314 g/mol. The van der Waals surface area contributed by atoms with Crippen molar-refractivity contribution >= 4 is 43.3 Å². The molecule has 1 rings (SSSR count). The molecular formula is C13H17NO3S3. The molecule has 0 aliphatic carbocycles. The first-order valence-electron chi connectivity index (χ1n) is 5.93. The fourth-order valence-electron chi connectivity index (χ4n) is 1.35. The predicted molar refractivity (Wildman–Crippen MR) is 87.4 cm³/mol. The van der Waals surface area contributed by atoms with Gasteiger partial charge in [-0.2, -0.15) is 0 Å². The van der Waals surface area contributed by atoms with Crippen LogP contribution in [-0.4, -0.2) is 30.8 Å². The summed E-state index contributed by atoms with van der Waals surface area (Å²) in [5.41, 5.74) is 1.26. The summed E-state index contributed by atoms with van der Waals surface area (Å²) in [4.78, 5) is 22.5. The van der Waals surface area contributed by atoms with Gasteiger partial charge < -0.3 is 10.1 Å². The predicted octanol–water partition coefficient (Wildman–Crippen LogP) is 2.89. The topological polar surface area (TPSA) is 55.4 Å². The Labute approximate surface area is 130 Å². The average molecular weight is 331 g/mol. The van der Waals surface area contributed by atoms with Crippen molar-refractivity contribution < 1.29 is 14.3 Å². The highest BCUT2D eigenvalue weighted by molar-refractivity contribution is 9.09. The number of carbonyl (C=O) groups excluding carboxylic acids is 2. The largest absolute Gasteiger partial charge is 0.467 e. The van der Waals surface area contributed by atoms with Gasteiger partial charge in [-0.25, -0.2) is 4.79 Å². The van der Waals surface area contributed by atoms with E-state index in [1.54, 1.807) is 20.6 Å². The van der Waals surface area contributed by atoms with Crippen LogP contribution in [0.4, 0.5) is 0 Å². The molecule has 7 heteroatoms. The van der Waals surface area contributed by atoms with Crippen LogP contribution in [0.1, 0.15) is 12.5 Å². The van der Waals surface area contributed by atoms with E-state index in [-0.39, 0.29) is 5.91 Å². The van der Waals surface area contributed by atoms with Crippen molar-refractivity contribution in [2.45, 2.75) is 18.7 Å². The van der Waals surface area contributed by atoms with E-state index in [0.29, 0.717) is 5.75 Å². The van der Waals surface area contributed by atoms with Crippen LogP contribution >= 0.6 is 31.4 Å². The van der Waals surface area contributed by atoms with E-state index in [1.165, 1.54) is 30.4 Å². The Balaban J connectivity index is 2.23. The van der Waals surface area contributed by atoms with Crippen molar-refractivity contribution in [3.8, 4) is 0 Å². The van der Waals surface area contributed by atoms with Crippen LogP contribution in [0.2, 0.25) is 0 Å². The number of hydrogen-bond donors (Lipinski definition) is 1. The Hall–Kier alpha value is -0.790. The summed E-state index contributed by atoms with van der Waals surface area (Å²) in [5.74, 6) is 0.740. The van der Waals surface area contributed by atoms with E-state index >= 15 is 0 Å². The molecule has 110 valence electrons. The number of nitrogens with one attached hydrogen (secondary N) is 1. The Bertz CT molecular complexity index is 428. The molecule has 0 unspecified atom stereocenters. The van der Waals surface area contributed by atoms with Crippen LogP contribution in [0.25, 0.3) is 0 Å². The summed E-state index contributed by atoms with van der Waals surface area (Å²) in [5, 5.41) is 2.58. The minimum atomic E-state index is -0.590. The molecule has 0 heterocycles. The third kappa shape index (κ3) is 7.12. The molecule has 0 saturated carbocycles. The zero-order valence-corrected chi connectivity index (χ0v) is 13.8. The second-order valence-electron chi connectivity index (χ2n) is 3.88. The van der Waals surface area contributed by atoms with Gasteiger partial charge in [-0.05, 0) is 15.4 Å². The fraction of sp³-hybridized carbons (Fsp3) is 0.385. The highest BCUT2D eigenvalue weighted by Gasteiger charge is 2.20. The Kier molecular flexibility index (Phi) is 8.64. The lowest BCUT2D eigenvalue weighted by molar-refractivity contribution is -0.144. The number of carbonyl (C=O) groups is 2. The molecule has 0 aromatic heterocycles. The molecule has 0 bridgehead atoms. The van der Waals surface area contributed by atoms with E-state index in [4.69, 9.17) is 0 Å². The maximum atomic E-state index is 11.5. The SMILES string of the molecule is COC(=O)[C@H](CSSSCc1ccccc1)NC(C)=O. The number of esters is 1. The highest BCUT2D eigenvalue weighted by Crippen LogP contribution is 2.37. The first-order chi connectivity index (χ1) is 9.63. The molecule has 0 fully saturated rings. The molecule has 0 aliphatic heterocycles. The average Bonchev–Trinajstić information content (AvgIpc) is 2.45. The van der Waals surface area contributed by atoms with Crippen LogP contribution < -0.4 is 5.32 Å². The molecule has 20 heavy (non-hydrogen) atoms. The van der Waals surface area contributed by atoms with Crippen LogP contribution in [0.3, 0.4) is 0 Å². The van der Waals surface area contributed by atoms with E-state index in [0.717, 1.165) is 5.75 Å². The zero-order chi connectivity index (χ0) is 14.8. The molecule has 4 nitrogen and oxygen atoms in total. The molecule has 0 saturated heterocycles. The lowest BCUT2D eigenvalue weighted by Gasteiger charge is -2.14. The van der Waals surface area contributed by atoms with E-state index in [1.807, 2.05) is 18.2 Å². The first-order valence-corrected chi connectivity index (χ1v) is 9.75. The second kappa shape index (κ2) is 10.0. The fourth-order valence-corrected chi connectivity index (χ4v) is 5.09. The van der Waals surface area contributed by atoms with Crippen LogP contribution in [0.15, 0.2) is 30.3 Å². The number of amides is 1. The Morgan fingerprint density at radius 1 is 1.25 bits per heavy atom. The quantitative estimate of drug-likeness (QED) is 0.449. The van der Waals surface area contributed by atoms with Crippen molar-refractivity contribution in [3.63, 3.8) is 0 Å². The first kappa shape index (κ1) is 17.3. The van der Waals surface area contributed by atoms with E-state index < -0.39 is 12.0 Å². The van der Waals surface area contributed by atoms with Crippen molar-refractivity contribution in [1.82, 2.24) is 5.32 Å². The number of ether oxygens (including phenoxy) is 1. The van der Waals surface area contributed by atoms with E-state index in [9.17, 15) is 9.59 Å². The molecule has 0 aliphatic rings. The number of hydrogen-bond acceptors (Lipinski definition) is 6. The maximum Gasteiger partial charge on any atom is 0.329 e.